The molecule has 0 unspecified atom stereocenters. The smallest absolute Gasteiger partial charge is 0.132 e. The van der Waals surface area contributed by atoms with Crippen molar-refractivity contribution >= 4 is 5.82 Å². The van der Waals surface area contributed by atoms with Gasteiger partial charge in [-0.05, 0) is 12.5 Å². The summed E-state index contributed by atoms with van der Waals surface area (Å²) >= 11 is 0. The van der Waals surface area contributed by atoms with Crippen molar-refractivity contribution in [3.05, 3.63) is 54.0 Å². The Morgan fingerprint density at radius 3 is 2.57 bits per heavy atom. The summed E-state index contributed by atoms with van der Waals surface area (Å²) in [6.07, 6.45) is 1.64. The highest BCUT2D eigenvalue weighted by atomic mass is 16.5. The summed E-state index contributed by atoms with van der Waals surface area (Å²) < 4.78 is 5.43. The maximum Gasteiger partial charge on any atom is 0.132 e. The Balaban J connectivity index is 1.54. The zero-order valence-electron chi connectivity index (χ0n) is 13.7. The Bertz CT molecular complexity index is 597. The van der Waals surface area contributed by atoms with Crippen LogP contribution in [-0.4, -0.2) is 47.7 Å². The van der Waals surface area contributed by atoms with Gasteiger partial charge >= 0.3 is 0 Å². The average Bonchev–Trinajstić information content (AvgIpc) is 2.62. The molecule has 1 aliphatic rings. The van der Waals surface area contributed by atoms with E-state index in [9.17, 15) is 0 Å². The zero-order valence-corrected chi connectivity index (χ0v) is 13.7. The predicted molar refractivity (Wildman–Crippen MR) is 91.3 cm³/mol. The second kappa shape index (κ2) is 8.04. The molecule has 23 heavy (non-hydrogen) atoms. The van der Waals surface area contributed by atoms with E-state index < -0.39 is 0 Å². The van der Waals surface area contributed by atoms with E-state index in [1.807, 2.05) is 13.0 Å². The van der Waals surface area contributed by atoms with Crippen molar-refractivity contribution in [2.45, 2.75) is 20.1 Å². The fraction of sp³-hybridized carbons (Fsp3) is 0.444. The molecule has 2 aromatic rings. The van der Waals surface area contributed by atoms with Crippen LogP contribution < -0.4 is 4.90 Å². The Morgan fingerprint density at radius 2 is 1.83 bits per heavy atom. The number of rotatable bonds is 6. The summed E-state index contributed by atoms with van der Waals surface area (Å²) in [5.41, 5.74) is 2.32. The standard InChI is InChI=1S/C18H24N4O/c1-2-23-14-17-12-18(20-15-19-17)22-10-8-21(9-11-22)13-16-6-4-3-5-7-16/h3-7,12,15H,2,8-11,13-14H2,1H3. The van der Waals surface area contributed by atoms with E-state index in [4.69, 9.17) is 4.74 Å². The summed E-state index contributed by atoms with van der Waals surface area (Å²) in [5, 5.41) is 0. The molecule has 1 saturated heterocycles. The van der Waals surface area contributed by atoms with Gasteiger partial charge in [-0.1, -0.05) is 30.3 Å². The largest absolute Gasteiger partial charge is 0.375 e. The third kappa shape index (κ3) is 4.50. The van der Waals surface area contributed by atoms with Gasteiger partial charge in [0.1, 0.15) is 12.1 Å². The Kier molecular flexibility index (Phi) is 5.56. The highest BCUT2D eigenvalue weighted by molar-refractivity contribution is 5.39. The molecule has 1 aliphatic heterocycles. The Hall–Kier alpha value is -1.98. The lowest BCUT2D eigenvalue weighted by molar-refractivity contribution is 0.131. The lowest BCUT2D eigenvalue weighted by Gasteiger charge is -2.35. The van der Waals surface area contributed by atoms with Crippen molar-refractivity contribution in [3.63, 3.8) is 0 Å². The van der Waals surface area contributed by atoms with Crippen molar-refractivity contribution in [2.24, 2.45) is 0 Å². The fourth-order valence-corrected chi connectivity index (χ4v) is 2.82. The van der Waals surface area contributed by atoms with Crippen LogP contribution in [0.5, 0.6) is 0 Å². The summed E-state index contributed by atoms with van der Waals surface area (Å²) in [7, 11) is 0. The number of piperazine rings is 1. The monoisotopic (exact) mass is 312 g/mol. The van der Waals surface area contributed by atoms with Crippen LogP contribution in [0, 0.1) is 0 Å². The molecule has 0 atom stereocenters. The molecule has 5 heteroatoms. The molecule has 0 aliphatic carbocycles. The maximum atomic E-state index is 5.43. The van der Waals surface area contributed by atoms with E-state index >= 15 is 0 Å². The van der Waals surface area contributed by atoms with E-state index in [1.54, 1.807) is 6.33 Å². The van der Waals surface area contributed by atoms with E-state index in [2.05, 4.69) is 50.1 Å². The first-order valence-corrected chi connectivity index (χ1v) is 8.25. The average molecular weight is 312 g/mol. The molecule has 0 N–H and O–H groups in total. The zero-order chi connectivity index (χ0) is 15.9. The number of ether oxygens (including phenoxy) is 1. The number of benzene rings is 1. The van der Waals surface area contributed by atoms with Crippen molar-refractivity contribution in [3.8, 4) is 0 Å². The Labute approximate surface area is 137 Å². The highest BCUT2D eigenvalue weighted by Crippen LogP contribution is 2.15. The summed E-state index contributed by atoms with van der Waals surface area (Å²) in [6, 6.07) is 12.7. The fourth-order valence-electron chi connectivity index (χ4n) is 2.82. The first kappa shape index (κ1) is 15.9. The van der Waals surface area contributed by atoms with E-state index in [0.717, 1.165) is 44.2 Å². The van der Waals surface area contributed by atoms with Crippen molar-refractivity contribution in [1.29, 1.82) is 0 Å². The van der Waals surface area contributed by atoms with Crippen molar-refractivity contribution in [1.82, 2.24) is 14.9 Å². The van der Waals surface area contributed by atoms with Crippen molar-refractivity contribution in [2.75, 3.05) is 37.7 Å². The molecule has 0 amide bonds. The van der Waals surface area contributed by atoms with Crippen LogP contribution in [0.3, 0.4) is 0 Å². The number of hydrogen-bond donors (Lipinski definition) is 0. The molecule has 1 fully saturated rings. The summed E-state index contributed by atoms with van der Waals surface area (Å²) in [4.78, 5) is 13.5. The van der Waals surface area contributed by atoms with Crippen LogP contribution in [-0.2, 0) is 17.9 Å². The quantitative estimate of drug-likeness (QED) is 0.819. The third-order valence-electron chi connectivity index (χ3n) is 4.11. The first-order valence-electron chi connectivity index (χ1n) is 8.25. The molecule has 3 rings (SSSR count). The van der Waals surface area contributed by atoms with Gasteiger partial charge in [-0.3, -0.25) is 4.90 Å². The summed E-state index contributed by atoms with van der Waals surface area (Å²) in [6.45, 7) is 8.38. The van der Waals surface area contributed by atoms with E-state index in [-0.39, 0.29) is 0 Å². The minimum atomic E-state index is 0.556. The molecular formula is C18H24N4O. The van der Waals surface area contributed by atoms with Gasteiger partial charge in [-0.2, -0.15) is 0 Å². The number of aromatic nitrogens is 2. The third-order valence-corrected chi connectivity index (χ3v) is 4.11. The SMILES string of the molecule is CCOCc1cc(N2CCN(Cc3ccccc3)CC2)ncn1. The van der Waals surface area contributed by atoms with Gasteiger partial charge < -0.3 is 9.64 Å². The number of nitrogens with zero attached hydrogens (tertiary/aromatic N) is 4. The molecule has 122 valence electrons. The number of anilines is 1. The van der Waals surface area contributed by atoms with Crippen LogP contribution >= 0.6 is 0 Å². The Morgan fingerprint density at radius 1 is 1.04 bits per heavy atom. The van der Waals surface area contributed by atoms with Crippen LogP contribution in [0.15, 0.2) is 42.7 Å². The normalized spacial score (nSPS) is 15.8. The molecule has 1 aromatic heterocycles. The lowest BCUT2D eigenvalue weighted by atomic mass is 10.2. The highest BCUT2D eigenvalue weighted by Gasteiger charge is 2.18. The van der Waals surface area contributed by atoms with Gasteiger partial charge in [0.15, 0.2) is 0 Å². The predicted octanol–water partition coefficient (Wildman–Crippen LogP) is 2.34. The van der Waals surface area contributed by atoms with Gasteiger partial charge in [0.25, 0.3) is 0 Å². The van der Waals surface area contributed by atoms with Crippen LogP contribution in [0.4, 0.5) is 5.82 Å². The van der Waals surface area contributed by atoms with Crippen LogP contribution in [0.25, 0.3) is 0 Å². The van der Waals surface area contributed by atoms with Crippen LogP contribution in [0.1, 0.15) is 18.2 Å². The molecule has 5 nitrogen and oxygen atoms in total. The first-order chi connectivity index (χ1) is 11.3. The van der Waals surface area contributed by atoms with E-state index in [1.165, 1.54) is 5.56 Å². The minimum Gasteiger partial charge on any atom is -0.375 e. The molecule has 0 radical (unpaired) electrons. The van der Waals surface area contributed by atoms with E-state index in [0.29, 0.717) is 13.2 Å². The number of hydrogen-bond acceptors (Lipinski definition) is 5. The van der Waals surface area contributed by atoms with Crippen molar-refractivity contribution < 1.29 is 4.74 Å². The maximum absolute atomic E-state index is 5.43. The topological polar surface area (TPSA) is 41.5 Å². The van der Waals surface area contributed by atoms with Gasteiger partial charge in [-0.25, -0.2) is 9.97 Å². The van der Waals surface area contributed by atoms with Crippen LogP contribution in [0.2, 0.25) is 0 Å². The molecule has 0 spiro atoms. The minimum absolute atomic E-state index is 0.556. The lowest BCUT2D eigenvalue weighted by Crippen LogP contribution is -2.46. The molecular weight excluding hydrogens is 288 g/mol. The second-order valence-corrected chi connectivity index (χ2v) is 5.75. The molecule has 0 bridgehead atoms. The summed E-state index contributed by atoms with van der Waals surface area (Å²) in [5.74, 6) is 1.01. The molecule has 2 heterocycles. The van der Waals surface area contributed by atoms with Gasteiger partial charge in [0.2, 0.25) is 0 Å². The van der Waals surface area contributed by atoms with Gasteiger partial charge in [0.05, 0.1) is 12.3 Å². The second-order valence-electron chi connectivity index (χ2n) is 5.75. The van der Waals surface area contributed by atoms with Gasteiger partial charge in [-0.15, -0.1) is 0 Å². The molecule has 0 saturated carbocycles. The van der Waals surface area contributed by atoms with Gasteiger partial charge in [0, 0.05) is 45.4 Å². The molecule has 1 aromatic carbocycles.